The predicted molar refractivity (Wildman–Crippen MR) is 102 cm³/mol. The summed E-state index contributed by atoms with van der Waals surface area (Å²) in [5, 5.41) is 11.3. The van der Waals surface area contributed by atoms with Crippen LogP contribution in [-0.2, 0) is 11.3 Å². The van der Waals surface area contributed by atoms with Crippen molar-refractivity contribution in [2.24, 2.45) is 0 Å². The van der Waals surface area contributed by atoms with Crippen molar-refractivity contribution in [1.29, 1.82) is 0 Å². The number of phenolic OH excluding ortho intramolecular Hbond substituents is 1. The maximum absolute atomic E-state index is 12.6. The molecule has 0 spiro atoms. The van der Waals surface area contributed by atoms with Gasteiger partial charge < -0.3 is 19.1 Å². The number of hydrogen-bond donors (Lipinski definition) is 1. The second-order valence-electron chi connectivity index (χ2n) is 5.64. The number of aromatic hydroxyl groups is 1. The third kappa shape index (κ3) is 3.32. The summed E-state index contributed by atoms with van der Waals surface area (Å²) >= 11 is 12.1. The first-order valence-electron chi connectivity index (χ1n) is 7.96. The minimum atomic E-state index is -0.500. The highest BCUT2D eigenvalue weighted by Crippen LogP contribution is 2.36. The van der Waals surface area contributed by atoms with Crippen LogP contribution in [-0.4, -0.2) is 29.4 Å². The van der Waals surface area contributed by atoms with E-state index in [1.54, 1.807) is 41.8 Å². The third-order valence-electron chi connectivity index (χ3n) is 4.00. The lowest BCUT2D eigenvalue weighted by atomic mass is 10.2. The molecule has 0 amide bonds. The molecule has 0 saturated heterocycles. The number of hydrogen-bond acceptors (Lipinski definition) is 4. The molecule has 0 fully saturated rings. The van der Waals surface area contributed by atoms with E-state index in [1.165, 1.54) is 7.11 Å². The first-order chi connectivity index (χ1) is 12.5. The minimum Gasteiger partial charge on any atom is -0.508 e. The van der Waals surface area contributed by atoms with Crippen molar-refractivity contribution in [3.63, 3.8) is 0 Å². The molecule has 0 aliphatic carbocycles. The summed E-state index contributed by atoms with van der Waals surface area (Å²) in [6.07, 6.45) is 0. The molecule has 2 aromatic carbocycles. The van der Waals surface area contributed by atoms with Crippen molar-refractivity contribution >= 4 is 40.1 Å². The summed E-state index contributed by atoms with van der Waals surface area (Å²) in [5.41, 5.74) is 1.87. The van der Waals surface area contributed by atoms with E-state index in [4.69, 9.17) is 32.7 Å². The zero-order valence-electron chi connectivity index (χ0n) is 14.3. The van der Waals surface area contributed by atoms with Crippen molar-refractivity contribution in [2.45, 2.75) is 13.5 Å². The number of nitrogens with zero attached hydrogens (tertiary/aromatic N) is 1. The molecule has 3 aromatic rings. The van der Waals surface area contributed by atoms with Gasteiger partial charge in [0.1, 0.15) is 5.75 Å². The maximum atomic E-state index is 12.6. The highest BCUT2D eigenvalue weighted by Gasteiger charge is 2.25. The minimum absolute atomic E-state index is 0.0814. The molecule has 0 bridgehead atoms. The van der Waals surface area contributed by atoms with Crippen LogP contribution in [0.15, 0.2) is 36.4 Å². The Morgan fingerprint density at radius 2 is 1.92 bits per heavy atom. The van der Waals surface area contributed by atoms with E-state index in [1.807, 2.05) is 6.07 Å². The molecule has 26 heavy (non-hydrogen) atoms. The molecule has 0 aliphatic rings. The summed E-state index contributed by atoms with van der Waals surface area (Å²) in [7, 11) is 1.48. The quantitative estimate of drug-likeness (QED) is 0.627. The largest absolute Gasteiger partial charge is 0.508 e. The van der Waals surface area contributed by atoms with Crippen LogP contribution in [0.4, 0.5) is 0 Å². The second kappa shape index (κ2) is 7.48. The van der Waals surface area contributed by atoms with Gasteiger partial charge in [-0.1, -0.05) is 29.3 Å². The lowest BCUT2D eigenvalue weighted by Crippen LogP contribution is -2.14. The summed E-state index contributed by atoms with van der Waals surface area (Å²) < 4.78 is 12.4. The lowest BCUT2D eigenvalue weighted by Gasteiger charge is -2.11. The van der Waals surface area contributed by atoms with Crippen molar-refractivity contribution < 1.29 is 19.4 Å². The van der Waals surface area contributed by atoms with Gasteiger partial charge in [-0.05, 0) is 42.8 Å². The Morgan fingerprint density at radius 3 is 2.58 bits per heavy atom. The Kier molecular flexibility index (Phi) is 5.30. The van der Waals surface area contributed by atoms with Crippen LogP contribution in [0.2, 0.25) is 10.0 Å². The van der Waals surface area contributed by atoms with Crippen LogP contribution in [0.3, 0.4) is 0 Å². The van der Waals surface area contributed by atoms with Gasteiger partial charge >= 0.3 is 5.97 Å². The van der Waals surface area contributed by atoms with Gasteiger partial charge in [0, 0.05) is 11.9 Å². The van der Waals surface area contributed by atoms with E-state index in [2.05, 4.69) is 0 Å². The molecule has 0 saturated carbocycles. The standard InChI is InChI=1S/C19H17Cl2NO4/c1-3-26-19(24)17-18(25-2)13-9-12(23)5-7-16(13)22(17)10-11-4-6-14(20)15(21)8-11/h4-9,23H,3,10H2,1-2H3. The van der Waals surface area contributed by atoms with Crippen LogP contribution in [0.5, 0.6) is 11.5 Å². The maximum Gasteiger partial charge on any atom is 0.358 e. The lowest BCUT2D eigenvalue weighted by molar-refractivity contribution is 0.0511. The van der Waals surface area contributed by atoms with Gasteiger partial charge in [-0.2, -0.15) is 0 Å². The van der Waals surface area contributed by atoms with Crippen LogP contribution >= 0.6 is 23.2 Å². The molecule has 0 radical (unpaired) electrons. The topological polar surface area (TPSA) is 60.7 Å². The van der Waals surface area contributed by atoms with E-state index in [0.29, 0.717) is 27.7 Å². The Morgan fingerprint density at radius 1 is 1.15 bits per heavy atom. The van der Waals surface area contributed by atoms with E-state index >= 15 is 0 Å². The fourth-order valence-electron chi connectivity index (χ4n) is 2.91. The van der Waals surface area contributed by atoms with E-state index < -0.39 is 5.97 Å². The van der Waals surface area contributed by atoms with Crippen LogP contribution in [0.25, 0.3) is 10.9 Å². The van der Waals surface area contributed by atoms with E-state index in [0.717, 1.165) is 11.1 Å². The number of halogens is 2. The van der Waals surface area contributed by atoms with Gasteiger partial charge in [0.05, 0.1) is 29.3 Å². The number of rotatable bonds is 5. The summed E-state index contributed by atoms with van der Waals surface area (Å²) in [4.78, 5) is 12.6. The average molecular weight is 394 g/mol. The number of fused-ring (bicyclic) bond motifs is 1. The molecule has 1 N–H and O–H groups in total. The Hall–Kier alpha value is -2.37. The number of carbonyl (C=O) groups is 1. The molecule has 0 unspecified atom stereocenters. The Labute approximate surface area is 160 Å². The Balaban J connectivity index is 2.22. The highest BCUT2D eigenvalue weighted by molar-refractivity contribution is 6.42. The zero-order valence-corrected chi connectivity index (χ0v) is 15.8. The van der Waals surface area contributed by atoms with Crippen LogP contribution in [0.1, 0.15) is 23.0 Å². The summed E-state index contributed by atoms with van der Waals surface area (Å²) in [6, 6.07) is 10.1. The monoisotopic (exact) mass is 393 g/mol. The molecule has 1 aromatic heterocycles. The molecule has 0 atom stereocenters. The number of methoxy groups -OCH3 is 1. The third-order valence-corrected chi connectivity index (χ3v) is 4.74. The first kappa shape index (κ1) is 18.4. The van der Waals surface area contributed by atoms with Gasteiger partial charge in [-0.25, -0.2) is 4.79 Å². The van der Waals surface area contributed by atoms with Gasteiger partial charge in [-0.15, -0.1) is 0 Å². The van der Waals surface area contributed by atoms with Crippen molar-refractivity contribution in [2.75, 3.05) is 13.7 Å². The normalized spacial score (nSPS) is 10.9. The SMILES string of the molecule is CCOC(=O)c1c(OC)c2cc(O)ccc2n1Cc1ccc(Cl)c(Cl)c1. The average Bonchev–Trinajstić information content (AvgIpc) is 2.91. The van der Waals surface area contributed by atoms with E-state index in [-0.39, 0.29) is 18.1 Å². The molecule has 3 rings (SSSR count). The predicted octanol–water partition coefficient (Wildman–Crippen LogP) is 4.89. The number of carbonyl (C=O) groups excluding carboxylic acids is 1. The van der Waals surface area contributed by atoms with Gasteiger partial charge in [0.15, 0.2) is 11.4 Å². The molecule has 1 heterocycles. The number of aromatic nitrogens is 1. The fraction of sp³-hybridized carbons (Fsp3) is 0.211. The smallest absolute Gasteiger partial charge is 0.358 e. The van der Waals surface area contributed by atoms with Crippen molar-refractivity contribution in [3.05, 3.63) is 57.7 Å². The number of benzene rings is 2. The van der Waals surface area contributed by atoms with Crippen LogP contribution < -0.4 is 4.74 Å². The molecular formula is C19H17Cl2NO4. The van der Waals surface area contributed by atoms with Crippen LogP contribution in [0, 0.1) is 0 Å². The highest BCUT2D eigenvalue weighted by atomic mass is 35.5. The molecule has 0 aliphatic heterocycles. The number of esters is 1. The first-order valence-corrected chi connectivity index (χ1v) is 8.72. The molecule has 5 nitrogen and oxygen atoms in total. The van der Waals surface area contributed by atoms with Crippen molar-refractivity contribution in [1.82, 2.24) is 4.57 Å². The fourth-order valence-corrected chi connectivity index (χ4v) is 3.23. The van der Waals surface area contributed by atoms with Gasteiger partial charge in [-0.3, -0.25) is 0 Å². The van der Waals surface area contributed by atoms with Gasteiger partial charge in [0.2, 0.25) is 0 Å². The zero-order chi connectivity index (χ0) is 18.8. The second-order valence-corrected chi connectivity index (χ2v) is 6.45. The molecule has 136 valence electrons. The summed E-state index contributed by atoms with van der Waals surface area (Å²) in [6.45, 7) is 2.33. The Bertz CT molecular complexity index is 981. The molecule has 7 heteroatoms. The van der Waals surface area contributed by atoms with E-state index in [9.17, 15) is 9.90 Å². The van der Waals surface area contributed by atoms with Crippen molar-refractivity contribution in [3.8, 4) is 11.5 Å². The summed E-state index contributed by atoms with van der Waals surface area (Å²) in [5.74, 6) is -0.0626. The number of phenols is 1. The molecular weight excluding hydrogens is 377 g/mol. The van der Waals surface area contributed by atoms with Gasteiger partial charge in [0.25, 0.3) is 0 Å². The number of ether oxygens (including phenoxy) is 2.